The van der Waals surface area contributed by atoms with Gasteiger partial charge in [-0.25, -0.2) is 9.78 Å². The monoisotopic (exact) mass is 295 g/mol. The van der Waals surface area contributed by atoms with Crippen molar-refractivity contribution in [2.75, 3.05) is 11.9 Å². The number of amides is 2. The Morgan fingerprint density at radius 1 is 1.62 bits per heavy atom. The van der Waals surface area contributed by atoms with Crippen molar-refractivity contribution in [1.82, 2.24) is 9.88 Å². The van der Waals surface area contributed by atoms with Crippen LogP contribution in [0.5, 0.6) is 0 Å². The number of rotatable bonds is 2. The van der Waals surface area contributed by atoms with E-state index < -0.39 is 36.7 Å². The van der Waals surface area contributed by atoms with E-state index in [0.717, 1.165) is 5.56 Å². The Hall–Kier alpha value is -1.74. The second-order valence-corrected chi connectivity index (χ2v) is 5.45. The summed E-state index contributed by atoms with van der Waals surface area (Å²) in [6.07, 6.45) is -1.70. The summed E-state index contributed by atoms with van der Waals surface area (Å²) < 4.78 is 5.46. The third kappa shape index (κ3) is 2.16. The van der Waals surface area contributed by atoms with Crippen molar-refractivity contribution in [2.24, 2.45) is 0 Å². The molecule has 0 saturated carbocycles. The lowest BCUT2D eigenvalue weighted by molar-refractivity contribution is -0.120. The average molecular weight is 295 g/mol. The highest BCUT2D eigenvalue weighted by Crippen LogP contribution is 2.35. The highest BCUT2D eigenvalue weighted by atomic mass is 16.6. The zero-order valence-corrected chi connectivity index (χ0v) is 11.4. The summed E-state index contributed by atoms with van der Waals surface area (Å²) in [5.41, 5.74) is -0.900. The smallest absolute Gasteiger partial charge is 0.325 e. The van der Waals surface area contributed by atoms with Crippen LogP contribution in [0.25, 0.3) is 0 Å². The second kappa shape index (κ2) is 4.92. The molecule has 1 saturated heterocycles. The highest BCUT2D eigenvalue weighted by Gasteiger charge is 2.55. The minimum atomic E-state index is -1.68. The van der Waals surface area contributed by atoms with Gasteiger partial charge in [-0.2, -0.15) is 0 Å². The molecule has 4 N–H and O–H groups in total. The van der Waals surface area contributed by atoms with Crippen LogP contribution >= 0.6 is 0 Å². The quantitative estimate of drug-likeness (QED) is 0.571. The van der Waals surface area contributed by atoms with E-state index in [9.17, 15) is 20.1 Å². The number of aliphatic hydroxyl groups excluding tert-OH is 2. The van der Waals surface area contributed by atoms with E-state index in [1.165, 1.54) is 11.8 Å². The molecule has 0 spiro atoms. The molecule has 0 bridgehead atoms. The number of aliphatic hydroxyl groups is 3. The number of carbonyl (C=O) groups is 1. The fourth-order valence-corrected chi connectivity index (χ4v) is 2.73. The van der Waals surface area contributed by atoms with Gasteiger partial charge in [-0.05, 0) is 13.0 Å². The summed E-state index contributed by atoms with van der Waals surface area (Å²) >= 11 is 0. The Labute approximate surface area is 121 Å². The van der Waals surface area contributed by atoms with Gasteiger partial charge < -0.3 is 20.1 Å². The molecule has 3 heterocycles. The number of nitrogens with one attached hydrogen (secondary N) is 1. The Bertz CT molecular complexity index is 564. The maximum atomic E-state index is 12.2. The number of urea groups is 1. The zero-order chi connectivity index (χ0) is 15.2. The molecule has 21 heavy (non-hydrogen) atoms. The van der Waals surface area contributed by atoms with Crippen LogP contribution in [0, 0.1) is 0 Å². The number of aromatic nitrogens is 1. The summed E-state index contributed by atoms with van der Waals surface area (Å²) in [4.78, 5) is 17.5. The van der Waals surface area contributed by atoms with Gasteiger partial charge in [-0.1, -0.05) is 6.07 Å². The van der Waals surface area contributed by atoms with Gasteiger partial charge in [0.25, 0.3) is 0 Å². The third-order valence-corrected chi connectivity index (χ3v) is 3.94. The van der Waals surface area contributed by atoms with E-state index in [0.29, 0.717) is 5.82 Å². The van der Waals surface area contributed by atoms with Gasteiger partial charge in [0.2, 0.25) is 0 Å². The normalized spacial score (nSPS) is 35.5. The first-order valence-corrected chi connectivity index (χ1v) is 6.63. The second-order valence-electron chi connectivity index (χ2n) is 5.45. The summed E-state index contributed by atoms with van der Waals surface area (Å²) in [6.45, 7) is 1.13. The molecule has 1 aromatic rings. The maximum Gasteiger partial charge on any atom is 0.325 e. The van der Waals surface area contributed by atoms with Gasteiger partial charge in [-0.3, -0.25) is 10.2 Å². The molecular weight excluding hydrogens is 278 g/mol. The first kappa shape index (κ1) is 14.2. The predicted octanol–water partition coefficient (Wildman–Crippen LogP) is -0.742. The number of anilines is 1. The van der Waals surface area contributed by atoms with E-state index >= 15 is 0 Å². The van der Waals surface area contributed by atoms with Crippen molar-refractivity contribution in [3.8, 4) is 0 Å². The Balaban J connectivity index is 1.89. The van der Waals surface area contributed by atoms with Crippen molar-refractivity contribution < 1.29 is 24.9 Å². The molecule has 8 nitrogen and oxygen atoms in total. The molecule has 114 valence electrons. The van der Waals surface area contributed by atoms with Crippen LogP contribution in [0.15, 0.2) is 18.3 Å². The van der Waals surface area contributed by atoms with Crippen LogP contribution in [0.1, 0.15) is 12.5 Å². The standard InChI is InChI=1S/C13H17N3O5/c1-13(20)9(18)8(6-17)21-11(13)16-5-7-3-2-4-14-10(7)15-12(16)19/h2-4,8-9,11,17-18,20H,5-6H2,1H3,(H,14,15,19)/t8-,9-,11-,13-/m1/s1. The van der Waals surface area contributed by atoms with Gasteiger partial charge in [0.1, 0.15) is 23.6 Å². The van der Waals surface area contributed by atoms with Crippen molar-refractivity contribution in [3.05, 3.63) is 23.9 Å². The van der Waals surface area contributed by atoms with E-state index in [4.69, 9.17) is 4.74 Å². The van der Waals surface area contributed by atoms with E-state index in [1.807, 2.05) is 0 Å². The lowest BCUT2D eigenvalue weighted by Gasteiger charge is -2.38. The van der Waals surface area contributed by atoms with Gasteiger partial charge in [0, 0.05) is 11.8 Å². The van der Waals surface area contributed by atoms with Crippen molar-refractivity contribution in [2.45, 2.75) is 37.5 Å². The number of hydrogen-bond donors (Lipinski definition) is 4. The average Bonchev–Trinajstić information content (AvgIpc) is 2.69. The summed E-state index contributed by atoms with van der Waals surface area (Å²) in [5, 5.41) is 32.2. The van der Waals surface area contributed by atoms with Gasteiger partial charge >= 0.3 is 6.03 Å². The molecule has 2 aliphatic heterocycles. The molecule has 2 aliphatic rings. The van der Waals surface area contributed by atoms with Crippen LogP contribution in [-0.2, 0) is 11.3 Å². The fourth-order valence-electron chi connectivity index (χ4n) is 2.73. The number of fused-ring (bicyclic) bond motifs is 1. The van der Waals surface area contributed by atoms with Crippen LogP contribution in [0.3, 0.4) is 0 Å². The zero-order valence-electron chi connectivity index (χ0n) is 11.4. The molecule has 0 aliphatic carbocycles. The molecule has 0 aromatic carbocycles. The minimum absolute atomic E-state index is 0.195. The number of carbonyl (C=O) groups excluding carboxylic acids is 1. The van der Waals surface area contributed by atoms with Gasteiger partial charge in [-0.15, -0.1) is 0 Å². The Kier molecular flexibility index (Phi) is 3.33. The predicted molar refractivity (Wildman–Crippen MR) is 71.2 cm³/mol. The van der Waals surface area contributed by atoms with Gasteiger partial charge in [0.15, 0.2) is 6.23 Å². The van der Waals surface area contributed by atoms with Crippen molar-refractivity contribution in [1.29, 1.82) is 0 Å². The lowest BCUT2D eigenvalue weighted by Crippen LogP contribution is -2.56. The summed E-state index contributed by atoms with van der Waals surface area (Å²) in [6, 6.07) is 3.07. The molecule has 0 unspecified atom stereocenters. The molecule has 3 rings (SSSR count). The maximum absolute atomic E-state index is 12.2. The van der Waals surface area contributed by atoms with Crippen LogP contribution in [0.4, 0.5) is 10.6 Å². The molecule has 1 fully saturated rings. The molecule has 0 radical (unpaired) electrons. The summed E-state index contributed by atoms with van der Waals surface area (Å²) in [5.74, 6) is 0.468. The van der Waals surface area contributed by atoms with Gasteiger partial charge in [0.05, 0.1) is 13.2 Å². The lowest BCUT2D eigenvalue weighted by atomic mass is 9.95. The summed E-state index contributed by atoms with van der Waals surface area (Å²) in [7, 11) is 0. The number of hydrogen-bond acceptors (Lipinski definition) is 6. The Morgan fingerprint density at radius 3 is 3.05 bits per heavy atom. The largest absolute Gasteiger partial charge is 0.394 e. The number of ether oxygens (including phenoxy) is 1. The first-order chi connectivity index (χ1) is 9.95. The number of pyridine rings is 1. The number of nitrogens with zero attached hydrogens (tertiary/aromatic N) is 2. The van der Waals surface area contributed by atoms with Crippen LogP contribution in [0.2, 0.25) is 0 Å². The highest BCUT2D eigenvalue weighted by molar-refractivity contribution is 5.91. The van der Waals surface area contributed by atoms with Crippen LogP contribution < -0.4 is 5.32 Å². The molecular formula is C13H17N3O5. The van der Waals surface area contributed by atoms with E-state index in [1.54, 1.807) is 18.3 Å². The van der Waals surface area contributed by atoms with Crippen LogP contribution in [-0.4, -0.2) is 61.9 Å². The minimum Gasteiger partial charge on any atom is -0.394 e. The first-order valence-electron chi connectivity index (χ1n) is 6.63. The third-order valence-electron chi connectivity index (χ3n) is 3.94. The SMILES string of the molecule is C[C@@]1(O)[C@H](O)[C@@H](CO)O[C@H]1N1Cc2cccnc2NC1=O. The molecule has 1 aromatic heterocycles. The topological polar surface area (TPSA) is 115 Å². The molecule has 4 atom stereocenters. The molecule has 2 amide bonds. The van der Waals surface area contributed by atoms with Crippen molar-refractivity contribution >= 4 is 11.8 Å². The fraction of sp³-hybridized carbons (Fsp3) is 0.538. The van der Waals surface area contributed by atoms with E-state index in [2.05, 4.69) is 10.3 Å². The molecule has 8 heteroatoms. The van der Waals surface area contributed by atoms with E-state index in [-0.39, 0.29) is 6.54 Å². The van der Waals surface area contributed by atoms with Crippen molar-refractivity contribution in [3.63, 3.8) is 0 Å². The Morgan fingerprint density at radius 2 is 2.38 bits per heavy atom.